The molecule has 0 radical (unpaired) electrons. The number of halogens is 1. The summed E-state index contributed by atoms with van der Waals surface area (Å²) in [6.07, 6.45) is 12.0. The number of hydrogen-bond donors (Lipinski definition) is 1. The normalized spacial score (nSPS) is 16.9. The molecule has 200 valence electrons. The van der Waals surface area contributed by atoms with Gasteiger partial charge in [0.05, 0.1) is 23.5 Å². The summed E-state index contributed by atoms with van der Waals surface area (Å²) in [5.41, 5.74) is 3.71. The van der Waals surface area contributed by atoms with Crippen LogP contribution in [0.1, 0.15) is 42.8 Å². The van der Waals surface area contributed by atoms with Gasteiger partial charge in [-0.1, -0.05) is 18.2 Å². The molecule has 1 aromatic carbocycles. The minimum absolute atomic E-state index is 0.158. The molecule has 2 aromatic heterocycles. The van der Waals surface area contributed by atoms with Crippen molar-refractivity contribution in [1.82, 2.24) is 19.9 Å². The summed E-state index contributed by atoms with van der Waals surface area (Å²) in [7, 11) is 1.67. The van der Waals surface area contributed by atoms with Crippen LogP contribution >= 0.6 is 11.8 Å². The molecule has 5 rings (SSSR count). The quantitative estimate of drug-likeness (QED) is 0.478. The molecule has 0 bridgehead atoms. The van der Waals surface area contributed by atoms with Crippen LogP contribution in [0.25, 0.3) is 10.8 Å². The number of fused-ring (bicyclic) bond motifs is 1. The van der Waals surface area contributed by atoms with Crippen LogP contribution in [0.4, 0.5) is 15.9 Å². The molecule has 9 heteroatoms. The highest BCUT2D eigenvalue weighted by atomic mass is 32.2. The van der Waals surface area contributed by atoms with E-state index in [-0.39, 0.29) is 17.4 Å². The highest BCUT2D eigenvalue weighted by Crippen LogP contribution is 2.34. The number of thioether (sulfide) groups is 1. The number of allylic oxidation sites excluding steroid dienone is 3. The van der Waals surface area contributed by atoms with E-state index >= 15 is 4.39 Å². The van der Waals surface area contributed by atoms with E-state index in [1.807, 2.05) is 43.3 Å². The molecule has 0 amide bonds. The van der Waals surface area contributed by atoms with Gasteiger partial charge in [0.25, 0.3) is 5.56 Å². The van der Waals surface area contributed by atoms with E-state index in [0.29, 0.717) is 42.8 Å². The van der Waals surface area contributed by atoms with Crippen LogP contribution in [0.2, 0.25) is 0 Å². The second-order valence-electron chi connectivity index (χ2n) is 10.1. The fourth-order valence-corrected chi connectivity index (χ4v) is 6.14. The Labute approximate surface area is 227 Å². The number of benzene rings is 1. The van der Waals surface area contributed by atoms with Gasteiger partial charge in [-0.15, -0.1) is 11.8 Å². The molecular formula is C29H35FN6OS. The van der Waals surface area contributed by atoms with Gasteiger partial charge in [0.2, 0.25) is 0 Å². The molecule has 1 N–H and O–H groups in total. The van der Waals surface area contributed by atoms with Crippen molar-refractivity contribution in [2.45, 2.75) is 39.7 Å². The van der Waals surface area contributed by atoms with Crippen molar-refractivity contribution in [3.63, 3.8) is 0 Å². The Morgan fingerprint density at radius 3 is 2.45 bits per heavy atom. The van der Waals surface area contributed by atoms with Crippen molar-refractivity contribution in [1.29, 1.82) is 0 Å². The monoisotopic (exact) mass is 534 g/mol. The molecule has 7 nitrogen and oxygen atoms in total. The number of anilines is 2. The van der Waals surface area contributed by atoms with E-state index in [1.165, 1.54) is 15.2 Å². The van der Waals surface area contributed by atoms with Gasteiger partial charge in [-0.3, -0.25) is 9.36 Å². The molecule has 2 aliphatic rings. The lowest BCUT2D eigenvalue weighted by Gasteiger charge is -2.38. The highest BCUT2D eigenvalue weighted by molar-refractivity contribution is 8.02. The van der Waals surface area contributed by atoms with Gasteiger partial charge < -0.3 is 15.1 Å². The average Bonchev–Trinajstić information content (AvgIpc) is 2.92. The molecule has 1 fully saturated rings. The Kier molecular flexibility index (Phi) is 7.47. The Balaban J connectivity index is 1.51. The maximum atomic E-state index is 16.5. The molecular weight excluding hydrogens is 499 g/mol. The zero-order chi connectivity index (χ0) is 27.0. The topological polar surface area (TPSA) is 66.3 Å². The number of nitrogens with zero attached hydrogens (tertiary/aromatic N) is 5. The predicted molar refractivity (Wildman–Crippen MR) is 156 cm³/mol. The smallest absolute Gasteiger partial charge is 0.259 e. The van der Waals surface area contributed by atoms with Gasteiger partial charge in [0, 0.05) is 55.3 Å². The molecule has 0 unspecified atom stereocenters. The van der Waals surface area contributed by atoms with Crippen molar-refractivity contribution in [2.24, 2.45) is 7.05 Å². The fourth-order valence-electron chi connectivity index (χ4n) is 5.50. The SMILES string of the molecule is CSC1=C(N[C@H](C)c2cc(C)cc3c(=O)n(C)c(N4CCN(c5cnc(C)nc5)CC4)c(F)c23)CCC=C1. The molecule has 1 aliphatic heterocycles. The van der Waals surface area contributed by atoms with Crippen molar-refractivity contribution < 1.29 is 4.39 Å². The van der Waals surface area contributed by atoms with E-state index < -0.39 is 0 Å². The lowest BCUT2D eigenvalue weighted by Crippen LogP contribution is -2.48. The maximum Gasteiger partial charge on any atom is 0.259 e. The van der Waals surface area contributed by atoms with Crippen LogP contribution in [0, 0.1) is 19.7 Å². The fraction of sp³-hybridized carbons (Fsp3) is 0.414. The summed E-state index contributed by atoms with van der Waals surface area (Å²) < 4.78 is 18.0. The van der Waals surface area contributed by atoms with E-state index in [2.05, 4.69) is 45.5 Å². The molecule has 3 heterocycles. The summed E-state index contributed by atoms with van der Waals surface area (Å²) in [4.78, 5) is 27.6. The third-order valence-electron chi connectivity index (χ3n) is 7.50. The lowest BCUT2D eigenvalue weighted by atomic mass is 9.96. The van der Waals surface area contributed by atoms with E-state index in [1.54, 1.807) is 18.8 Å². The maximum absolute atomic E-state index is 16.5. The number of hydrogen-bond acceptors (Lipinski definition) is 7. The van der Waals surface area contributed by atoms with Gasteiger partial charge in [0.15, 0.2) is 5.82 Å². The average molecular weight is 535 g/mol. The zero-order valence-corrected chi connectivity index (χ0v) is 23.5. The number of piperazine rings is 1. The van der Waals surface area contributed by atoms with E-state index in [4.69, 9.17) is 0 Å². The van der Waals surface area contributed by atoms with Crippen LogP contribution in [-0.4, -0.2) is 47.0 Å². The third kappa shape index (κ3) is 4.91. The van der Waals surface area contributed by atoms with Crippen molar-refractivity contribution in [3.8, 4) is 0 Å². The first-order valence-corrected chi connectivity index (χ1v) is 14.3. The molecule has 38 heavy (non-hydrogen) atoms. The van der Waals surface area contributed by atoms with Crippen molar-refractivity contribution in [3.05, 3.63) is 80.4 Å². The summed E-state index contributed by atoms with van der Waals surface area (Å²) in [6.45, 7) is 8.44. The first kappa shape index (κ1) is 26.3. The molecule has 0 saturated carbocycles. The van der Waals surface area contributed by atoms with Gasteiger partial charge in [-0.25, -0.2) is 14.4 Å². The minimum atomic E-state index is -0.333. The Hall–Kier alpha value is -3.33. The summed E-state index contributed by atoms with van der Waals surface area (Å²) in [6, 6.07) is 3.67. The second kappa shape index (κ2) is 10.8. The second-order valence-corrected chi connectivity index (χ2v) is 10.9. The standard InChI is InChI=1S/C29H35FN6OS/c1-18-14-22(19(2)33-24-8-6-7-9-25(24)38-5)26-23(15-18)29(37)34(4)28(27(26)30)36-12-10-35(11-13-36)21-16-31-20(3)32-17-21/h7,9,14-17,19,33H,6,8,10-13H2,1-5H3/t19-/m1/s1. The number of rotatable bonds is 6. The van der Waals surface area contributed by atoms with Gasteiger partial charge in [-0.05, 0) is 57.1 Å². The van der Waals surface area contributed by atoms with E-state index in [9.17, 15) is 4.79 Å². The van der Waals surface area contributed by atoms with Crippen LogP contribution < -0.4 is 20.7 Å². The Bertz CT molecular complexity index is 1470. The molecule has 0 spiro atoms. The number of pyridine rings is 1. The summed E-state index contributed by atoms with van der Waals surface area (Å²) in [5, 5.41) is 4.49. The van der Waals surface area contributed by atoms with E-state index in [0.717, 1.165) is 35.5 Å². The van der Waals surface area contributed by atoms with Gasteiger partial charge >= 0.3 is 0 Å². The summed E-state index contributed by atoms with van der Waals surface area (Å²) >= 11 is 1.71. The van der Waals surface area contributed by atoms with Gasteiger partial charge in [0.1, 0.15) is 11.6 Å². The van der Waals surface area contributed by atoms with Crippen LogP contribution in [-0.2, 0) is 7.05 Å². The molecule has 1 saturated heterocycles. The highest BCUT2D eigenvalue weighted by Gasteiger charge is 2.27. The number of nitrogens with one attached hydrogen (secondary N) is 1. The van der Waals surface area contributed by atoms with Crippen LogP contribution in [0.3, 0.4) is 0 Å². The molecule has 1 aliphatic carbocycles. The van der Waals surface area contributed by atoms with Crippen molar-refractivity contribution >= 4 is 34.0 Å². The lowest BCUT2D eigenvalue weighted by molar-refractivity contribution is 0.573. The van der Waals surface area contributed by atoms with Gasteiger partial charge in [-0.2, -0.15) is 0 Å². The first-order valence-electron chi connectivity index (χ1n) is 13.1. The predicted octanol–water partition coefficient (Wildman–Crippen LogP) is 4.99. The summed E-state index contributed by atoms with van der Waals surface area (Å²) in [5.74, 6) is 0.751. The molecule has 3 aromatic rings. The largest absolute Gasteiger partial charge is 0.381 e. The van der Waals surface area contributed by atoms with Crippen LogP contribution in [0.15, 0.2) is 52.1 Å². The number of aromatic nitrogens is 3. The van der Waals surface area contributed by atoms with Crippen molar-refractivity contribution in [2.75, 3.05) is 42.2 Å². The Morgan fingerprint density at radius 2 is 1.76 bits per heavy atom. The van der Waals surface area contributed by atoms with Crippen LogP contribution in [0.5, 0.6) is 0 Å². The minimum Gasteiger partial charge on any atom is -0.381 e. The molecule has 1 atom stereocenters. The first-order chi connectivity index (χ1) is 18.3. The Morgan fingerprint density at radius 1 is 1.08 bits per heavy atom. The number of aryl methyl sites for hydroxylation is 2. The zero-order valence-electron chi connectivity index (χ0n) is 22.7. The third-order valence-corrected chi connectivity index (χ3v) is 8.32.